The topological polar surface area (TPSA) is 95.4 Å². The van der Waals surface area contributed by atoms with Crippen LogP contribution >= 0.6 is 0 Å². The molecule has 50 heavy (non-hydrogen) atoms. The molecule has 10 aromatic rings. The first-order valence-corrected chi connectivity index (χ1v) is 16.3. The van der Waals surface area contributed by atoms with Crippen molar-refractivity contribution < 1.29 is 4.42 Å². The molecule has 0 aliphatic rings. The number of nitrogens with zero attached hydrogens (tertiary/aromatic N) is 7. The molecule has 5 heterocycles. The summed E-state index contributed by atoms with van der Waals surface area (Å²) in [7, 11) is 0. The second kappa shape index (κ2) is 11.3. The van der Waals surface area contributed by atoms with Crippen molar-refractivity contribution in [3.63, 3.8) is 0 Å². The van der Waals surface area contributed by atoms with E-state index in [1.165, 1.54) is 0 Å². The van der Waals surface area contributed by atoms with Crippen LogP contribution in [0.15, 0.2) is 156 Å². The minimum atomic E-state index is 0.536. The van der Waals surface area contributed by atoms with E-state index in [1.54, 1.807) is 6.20 Å². The Hall–Kier alpha value is -7.06. The number of aromatic nitrogens is 7. The number of para-hydroxylation sites is 2. The third kappa shape index (κ3) is 4.47. The maximum absolute atomic E-state index is 6.90. The van der Waals surface area contributed by atoms with Gasteiger partial charge in [0.25, 0.3) is 0 Å². The molecule has 0 aliphatic heterocycles. The van der Waals surface area contributed by atoms with Crippen molar-refractivity contribution in [3.8, 4) is 51.2 Å². The molecule has 0 atom stereocenters. The highest BCUT2D eigenvalue weighted by Crippen LogP contribution is 2.40. The molecule has 5 aromatic carbocycles. The molecular weight excluding hydrogens is 619 g/mol. The lowest BCUT2D eigenvalue weighted by Crippen LogP contribution is -2.00. The monoisotopic (exact) mass is 643 g/mol. The zero-order valence-corrected chi connectivity index (χ0v) is 26.5. The Morgan fingerprint density at radius 3 is 1.72 bits per heavy atom. The van der Waals surface area contributed by atoms with Crippen LogP contribution in [0.3, 0.4) is 0 Å². The Labute approximate surface area is 285 Å². The molecule has 0 bridgehead atoms. The highest BCUT2D eigenvalue weighted by Gasteiger charge is 2.22. The van der Waals surface area contributed by atoms with E-state index in [1.807, 2.05) is 122 Å². The van der Waals surface area contributed by atoms with E-state index < -0.39 is 0 Å². The molecule has 0 aliphatic carbocycles. The Morgan fingerprint density at radius 1 is 0.440 bits per heavy atom. The van der Waals surface area contributed by atoms with Gasteiger partial charge in [0.05, 0.1) is 28.5 Å². The van der Waals surface area contributed by atoms with Crippen LogP contribution in [0.5, 0.6) is 0 Å². The number of rotatable bonds is 5. The van der Waals surface area contributed by atoms with Gasteiger partial charge in [-0.25, -0.2) is 24.9 Å². The average Bonchev–Trinajstić information content (AvgIpc) is 3.74. The minimum Gasteiger partial charge on any atom is -0.453 e. The number of benzene rings is 5. The SMILES string of the molecule is c1ccc(-c2nc(-c3ccccc3)nc(-c3cccc4c3oc3c(-n5c6ccncc6c6nc(-c7ccccc7)ncc65)cccc34)n2)cc1. The van der Waals surface area contributed by atoms with Crippen LogP contribution in [0, 0.1) is 0 Å². The first-order chi connectivity index (χ1) is 24.8. The van der Waals surface area contributed by atoms with Crippen LogP contribution in [-0.4, -0.2) is 34.5 Å². The lowest BCUT2D eigenvalue weighted by atomic mass is 10.1. The van der Waals surface area contributed by atoms with Crippen LogP contribution in [0.1, 0.15) is 0 Å². The molecule has 0 spiro atoms. The molecule has 10 rings (SSSR count). The van der Waals surface area contributed by atoms with Crippen molar-refractivity contribution in [2.75, 3.05) is 0 Å². The molecule has 0 N–H and O–H groups in total. The van der Waals surface area contributed by atoms with Crippen molar-refractivity contribution in [1.29, 1.82) is 0 Å². The van der Waals surface area contributed by atoms with Crippen molar-refractivity contribution in [2.24, 2.45) is 0 Å². The van der Waals surface area contributed by atoms with Gasteiger partial charge < -0.3 is 8.98 Å². The van der Waals surface area contributed by atoms with Gasteiger partial charge in [0, 0.05) is 45.2 Å². The van der Waals surface area contributed by atoms with Gasteiger partial charge in [-0.05, 0) is 18.2 Å². The van der Waals surface area contributed by atoms with Crippen LogP contribution in [0.25, 0.3) is 95.1 Å². The quantitative estimate of drug-likeness (QED) is 0.184. The molecule has 0 saturated carbocycles. The summed E-state index contributed by atoms with van der Waals surface area (Å²) >= 11 is 0. The van der Waals surface area contributed by atoms with E-state index in [4.69, 9.17) is 29.3 Å². The van der Waals surface area contributed by atoms with E-state index in [-0.39, 0.29) is 0 Å². The normalized spacial score (nSPS) is 11.6. The summed E-state index contributed by atoms with van der Waals surface area (Å²) in [5.74, 6) is 2.39. The summed E-state index contributed by atoms with van der Waals surface area (Å²) in [6.07, 6.45) is 5.55. The molecule has 8 nitrogen and oxygen atoms in total. The molecule has 8 heteroatoms. The van der Waals surface area contributed by atoms with Crippen LogP contribution in [0.2, 0.25) is 0 Å². The van der Waals surface area contributed by atoms with Gasteiger partial charge in [0.15, 0.2) is 28.9 Å². The third-order valence-electron chi connectivity index (χ3n) is 9.02. The van der Waals surface area contributed by atoms with Crippen molar-refractivity contribution in [2.45, 2.75) is 0 Å². The Morgan fingerprint density at radius 2 is 1.04 bits per heavy atom. The van der Waals surface area contributed by atoms with Crippen LogP contribution < -0.4 is 0 Å². The van der Waals surface area contributed by atoms with Crippen molar-refractivity contribution in [1.82, 2.24) is 34.5 Å². The molecule has 0 saturated heterocycles. The molecule has 234 valence electrons. The molecular formula is C42H25N7O. The fourth-order valence-electron chi connectivity index (χ4n) is 6.70. The van der Waals surface area contributed by atoms with Gasteiger partial charge in [-0.3, -0.25) is 4.98 Å². The Balaban J connectivity index is 1.21. The van der Waals surface area contributed by atoms with Gasteiger partial charge in [0.2, 0.25) is 0 Å². The van der Waals surface area contributed by atoms with Crippen molar-refractivity contribution >= 4 is 43.9 Å². The Kier molecular flexibility index (Phi) is 6.32. The molecule has 0 amide bonds. The summed E-state index contributed by atoms with van der Waals surface area (Å²) in [5.41, 5.74) is 8.50. The second-order valence-electron chi connectivity index (χ2n) is 12.0. The zero-order chi connectivity index (χ0) is 33.0. The molecule has 5 aromatic heterocycles. The van der Waals surface area contributed by atoms with Gasteiger partial charge in [-0.2, -0.15) is 0 Å². The average molecular weight is 644 g/mol. The van der Waals surface area contributed by atoms with E-state index in [2.05, 4.69) is 33.8 Å². The number of pyridine rings is 1. The Bertz CT molecular complexity index is 2810. The standard InChI is InChI=1S/C42H25N7O/c1-4-12-26(13-5-1)39-44-25-35-36(45-39)32-24-43-23-22-33(32)49(35)34-21-11-19-30-29-18-10-20-31(37(29)50-38(30)34)42-47-40(27-14-6-2-7-15-27)46-41(48-42)28-16-8-3-9-17-28/h1-25H. The fourth-order valence-corrected chi connectivity index (χ4v) is 6.70. The van der Waals surface area contributed by atoms with E-state index in [9.17, 15) is 0 Å². The second-order valence-corrected chi connectivity index (χ2v) is 12.0. The first kappa shape index (κ1) is 28.0. The number of fused-ring (bicyclic) bond motifs is 6. The van der Waals surface area contributed by atoms with Gasteiger partial charge in [-0.1, -0.05) is 115 Å². The van der Waals surface area contributed by atoms with Crippen molar-refractivity contribution in [3.05, 3.63) is 152 Å². The summed E-state index contributed by atoms with van der Waals surface area (Å²) in [6, 6.07) is 44.3. The van der Waals surface area contributed by atoms with Gasteiger partial charge in [0.1, 0.15) is 11.1 Å². The van der Waals surface area contributed by atoms with E-state index in [0.717, 1.165) is 66.2 Å². The van der Waals surface area contributed by atoms with Crippen LogP contribution in [0.4, 0.5) is 0 Å². The largest absolute Gasteiger partial charge is 0.453 e. The highest BCUT2D eigenvalue weighted by atomic mass is 16.3. The van der Waals surface area contributed by atoms with Gasteiger partial charge in [-0.15, -0.1) is 0 Å². The van der Waals surface area contributed by atoms with Gasteiger partial charge >= 0.3 is 0 Å². The molecule has 0 unspecified atom stereocenters. The summed E-state index contributed by atoms with van der Waals surface area (Å²) < 4.78 is 9.06. The molecule has 0 radical (unpaired) electrons. The predicted molar refractivity (Wildman–Crippen MR) is 197 cm³/mol. The summed E-state index contributed by atoms with van der Waals surface area (Å²) in [5, 5.41) is 2.88. The molecule has 0 fully saturated rings. The lowest BCUT2D eigenvalue weighted by Gasteiger charge is -2.09. The third-order valence-corrected chi connectivity index (χ3v) is 9.02. The van der Waals surface area contributed by atoms with E-state index in [0.29, 0.717) is 28.9 Å². The highest BCUT2D eigenvalue weighted by molar-refractivity contribution is 6.13. The fraction of sp³-hybridized carbons (Fsp3) is 0. The number of furan rings is 1. The summed E-state index contributed by atoms with van der Waals surface area (Å²) in [4.78, 5) is 29.2. The van der Waals surface area contributed by atoms with E-state index >= 15 is 0 Å². The maximum Gasteiger partial charge on any atom is 0.167 e. The number of hydrogen-bond acceptors (Lipinski definition) is 7. The maximum atomic E-state index is 6.90. The lowest BCUT2D eigenvalue weighted by molar-refractivity contribution is 0.667. The minimum absolute atomic E-state index is 0.536. The van der Waals surface area contributed by atoms with Crippen LogP contribution in [-0.2, 0) is 0 Å². The zero-order valence-electron chi connectivity index (χ0n) is 26.5. The predicted octanol–water partition coefficient (Wildman–Crippen LogP) is 9.72. The smallest absolute Gasteiger partial charge is 0.167 e. The number of hydrogen-bond donors (Lipinski definition) is 0. The summed E-state index contributed by atoms with van der Waals surface area (Å²) in [6.45, 7) is 0. The first-order valence-electron chi connectivity index (χ1n) is 16.3.